The average molecular weight is 526 g/mol. The molecule has 4 aliphatic heterocycles. The van der Waals surface area contributed by atoms with Crippen LogP contribution in [-0.4, -0.2) is 104 Å². The number of amides is 2. The zero-order chi connectivity index (χ0) is 26.2. The molecule has 0 aromatic rings. The predicted molar refractivity (Wildman–Crippen MR) is 137 cm³/mol. The second-order valence-electron chi connectivity index (χ2n) is 12.3. The molecule has 4 heterocycles. The molecule has 9 nitrogen and oxygen atoms in total. The zero-order valence-corrected chi connectivity index (χ0v) is 21.8. The van der Waals surface area contributed by atoms with Gasteiger partial charge >= 0.3 is 0 Å². The lowest BCUT2D eigenvalue weighted by Gasteiger charge is -2.47. The van der Waals surface area contributed by atoms with E-state index in [2.05, 4.69) is 16.0 Å². The minimum Gasteiger partial charge on any atom is -0.350 e. The van der Waals surface area contributed by atoms with Crippen LogP contribution in [0.15, 0.2) is 0 Å². The van der Waals surface area contributed by atoms with E-state index in [1.165, 1.54) is 0 Å². The van der Waals surface area contributed by atoms with Crippen molar-refractivity contribution in [2.24, 2.45) is 22.8 Å². The number of fused-ring (bicyclic) bond motifs is 1. The molecule has 11 heteroatoms. The van der Waals surface area contributed by atoms with Crippen LogP contribution in [0.3, 0.4) is 0 Å². The maximum Gasteiger partial charge on any atom is 0.237 e. The van der Waals surface area contributed by atoms with Crippen molar-refractivity contribution < 1.29 is 18.4 Å². The van der Waals surface area contributed by atoms with E-state index in [9.17, 15) is 14.0 Å². The zero-order valence-electron chi connectivity index (χ0n) is 21.8. The van der Waals surface area contributed by atoms with Gasteiger partial charge in [0.2, 0.25) is 11.8 Å². The van der Waals surface area contributed by atoms with E-state index in [1.54, 1.807) is 0 Å². The number of carbonyl (C=O) groups excluding carboxylic acids is 2. The number of nitrogens with zero attached hydrogens (tertiary/aromatic N) is 2. The normalized spacial score (nSPS) is 37.9. The summed E-state index contributed by atoms with van der Waals surface area (Å²) < 4.78 is 30.2. The number of carbonyl (C=O) groups is 2. The Morgan fingerprint density at radius 3 is 2.62 bits per heavy atom. The Hall–Kier alpha value is -1.40. The van der Waals surface area contributed by atoms with Gasteiger partial charge in [0.25, 0.3) is 0 Å². The van der Waals surface area contributed by atoms with Gasteiger partial charge in [-0.25, -0.2) is 8.78 Å². The van der Waals surface area contributed by atoms with Gasteiger partial charge in [-0.3, -0.25) is 14.5 Å². The Balaban J connectivity index is 1.31. The first-order chi connectivity index (χ1) is 17.8. The molecule has 7 atom stereocenters. The van der Waals surface area contributed by atoms with Crippen LogP contribution in [0.4, 0.5) is 8.78 Å². The molecule has 7 N–H and O–H groups in total. The molecule has 1 spiro atoms. The van der Waals surface area contributed by atoms with Gasteiger partial charge < -0.3 is 32.3 Å². The quantitative estimate of drug-likeness (QED) is 0.319. The van der Waals surface area contributed by atoms with Crippen molar-refractivity contribution in [3.05, 3.63) is 0 Å². The second kappa shape index (κ2) is 11.4. The van der Waals surface area contributed by atoms with Crippen molar-refractivity contribution in [3.8, 4) is 0 Å². The first-order valence-electron chi connectivity index (χ1n) is 14.3. The molecule has 5 rings (SSSR count). The highest BCUT2D eigenvalue weighted by atomic mass is 19.1. The summed E-state index contributed by atoms with van der Waals surface area (Å²) in [6.07, 6.45) is 5.16. The van der Waals surface area contributed by atoms with Crippen molar-refractivity contribution >= 4 is 11.8 Å². The Kier molecular flexibility index (Phi) is 8.36. The molecule has 2 amide bonds. The largest absolute Gasteiger partial charge is 0.350 e. The lowest BCUT2D eigenvalue weighted by Crippen LogP contribution is -2.70. The van der Waals surface area contributed by atoms with Crippen LogP contribution >= 0.6 is 0 Å². The Morgan fingerprint density at radius 2 is 1.86 bits per heavy atom. The van der Waals surface area contributed by atoms with Gasteiger partial charge in [0.1, 0.15) is 12.3 Å². The van der Waals surface area contributed by atoms with Crippen molar-refractivity contribution in [2.45, 2.75) is 100 Å². The van der Waals surface area contributed by atoms with Crippen LogP contribution in [0.25, 0.3) is 0 Å². The molecule has 1 aliphatic carbocycles. The molecule has 4 saturated heterocycles. The van der Waals surface area contributed by atoms with Crippen LogP contribution < -0.4 is 27.4 Å². The van der Waals surface area contributed by atoms with E-state index in [4.69, 9.17) is 11.5 Å². The summed E-state index contributed by atoms with van der Waals surface area (Å²) in [5.74, 6) is -1.06. The molecular weight excluding hydrogens is 480 g/mol. The number of hydrogen-bond donors (Lipinski definition) is 5. The summed E-state index contributed by atoms with van der Waals surface area (Å²) in [6.45, 7) is 2.31. The number of piperidine rings is 1. The summed E-state index contributed by atoms with van der Waals surface area (Å²) in [4.78, 5) is 30.4. The lowest BCUT2D eigenvalue weighted by molar-refractivity contribution is -0.140. The van der Waals surface area contributed by atoms with Gasteiger partial charge in [0.15, 0.2) is 0 Å². The molecule has 5 fully saturated rings. The number of nitrogens with one attached hydrogen (secondary N) is 3. The van der Waals surface area contributed by atoms with E-state index >= 15 is 4.39 Å². The fourth-order valence-corrected chi connectivity index (χ4v) is 7.98. The van der Waals surface area contributed by atoms with Gasteiger partial charge in [0, 0.05) is 44.8 Å². The summed E-state index contributed by atoms with van der Waals surface area (Å²) in [6, 6.07) is -1.37. The lowest BCUT2D eigenvalue weighted by atomic mass is 9.66. The van der Waals surface area contributed by atoms with Crippen LogP contribution in [0.5, 0.6) is 0 Å². The van der Waals surface area contributed by atoms with Gasteiger partial charge in [-0.2, -0.15) is 0 Å². The molecule has 0 aromatic heterocycles. The maximum atomic E-state index is 15.4. The van der Waals surface area contributed by atoms with Gasteiger partial charge in [0.05, 0.1) is 30.7 Å². The van der Waals surface area contributed by atoms with Crippen LogP contribution in [-0.2, 0) is 9.59 Å². The van der Waals surface area contributed by atoms with Crippen molar-refractivity contribution in [1.82, 2.24) is 25.8 Å². The van der Waals surface area contributed by atoms with E-state index in [0.717, 1.165) is 51.5 Å². The molecule has 0 aromatic carbocycles. The molecule has 5 aliphatic rings. The highest BCUT2D eigenvalue weighted by Crippen LogP contribution is 2.46. The Labute approximate surface area is 218 Å². The highest BCUT2D eigenvalue weighted by molar-refractivity contribution is 5.81. The van der Waals surface area contributed by atoms with Gasteiger partial charge in [-0.05, 0) is 43.9 Å². The SMILES string of the molecule is NC(N)C(C(=O)NC1CNCC(F)C1N1CC(=O)N2CCCC2C1)C1CC2(CCCCC2)CC(F)CN1. The summed E-state index contributed by atoms with van der Waals surface area (Å²) in [5.41, 5.74) is 12.2. The summed E-state index contributed by atoms with van der Waals surface area (Å²) in [5, 5.41) is 9.43. The van der Waals surface area contributed by atoms with Crippen LogP contribution in [0, 0.1) is 11.3 Å². The van der Waals surface area contributed by atoms with E-state index in [1.807, 2.05) is 9.80 Å². The number of halogens is 2. The minimum atomic E-state index is -1.22. The van der Waals surface area contributed by atoms with Gasteiger partial charge in [-0.1, -0.05) is 19.3 Å². The number of alkyl halides is 2. The second-order valence-corrected chi connectivity index (χ2v) is 12.3. The highest BCUT2D eigenvalue weighted by Gasteiger charge is 2.47. The predicted octanol–water partition coefficient (Wildman–Crippen LogP) is -0.0120. The smallest absolute Gasteiger partial charge is 0.237 e. The Morgan fingerprint density at radius 1 is 1.08 bits per heavy atom. The monoisotopic (exact) mass is 525 g/mol. The fraction of sp³-hybridized carbons (Fsp3) is 0.923. The number of rotatable bonds is 5. The molecular formula is C26H45F2N7O2. The third kappa shape index (κ3) is 5.80. The number of nitrogens with two attached hydrogens (primary N) is 2. The van der Waals surface area contributed by atoms with Crippen molar-refractivity contribution in [2.75, 3.05) is 39.3 Å². The van der Waals surface area contributed by atoms with Gasteiger partial charge in [-0.15, -0.1) is 0 Å². The Bertz CT molecular complexity index is 827. The molecule has 0 bridgehead atoms. The van der Waals surface area contributed by atoms with Crippen molar-refractivity contribution in [1.29, 1.82) is 0 Å². The fourth-order valence-electron chi connectivity index (χ4n) is 7.98. The van der Waals surface area contributed by atoms with E-state index in [0.29, 0.717) is 25.9 Å². The molecule has 1 saturated carbocycles. The third-order valence-corrected chi connectivity index (χ3v) is 9.69. The number of piperazine rings is 1. The maximum absolute atomic E-state index is 15.4. The molecule has 210 valence electrons. The van der Waals surface area contributed by atoms with Crippen LogP contribution in [0.2, 0.25) is 0 Å². The average Bonchev–Trinajstić information content (AvgIpc) is 3.26. The number of hydrogen-bond acceptors (Lipinski definition) is 7. The summed E-state index contributed by atoms with van der Waals surface area (Å²) >= 11 is 0. The van der Waals surface area contributed by atoms with E-state index in [-0.39, 0.29) is 48.9 Å². The third-order valence-electron chi connectivity index (χ3n) is 9.69. The molecule has 0 radical (unpaired) electrons. The standard InChI is InChI=1S/C26H45F2N7O2/c27-16-9-26(6-2-1-3-7-26)10-19(32-11-16)22(24(29)30)25(37)33-20-13-31-12-18(28)23(20)34-14-17-5-4-8-35(17)21(36)15-34/h16-20,22-24,31-32H,1-15,29-30H2,(H,33,37). The molecule has 7 unspecified atom stereocenters. The topological polar surface area (TPSA) is 129 Å². The molecule has 37 heavy (non-hydrogen) atoms. The minimum absolute atomic E-state index is 0.0348. The van der Waals surface area contributed by atoms with E-state index < -0.39 is 36.5 Å². The van der Waals surface area contributed by atoms with Crippen LogP contribution in [0.1, 0.15) is 57.8 Å². The first-order valence-corrected chi connectivity index (χ1v) is 14.3. The first kappa shape index (κ1) is 27.2. The summed E-state index contributed by atoms with van der Waals surface area (Å²) in [7, 11) is 0. The van der Waals surface area contributed by atoms with Crippen molar-refractivity contribution in [3.63, 3.8) is 0 Å².